The zero-order chi connectivity index (χ0) is 22.6. The van der Waals surface area contributed by atoms with E-state index in [-0.39, 0.29) is 5.88 Å². The summed E-state index contributed by atoms with van der Waals surface area (Å²) in [5, 5.41) is 21.8. The molecular weight excluding hydrogens is 414 g/mol. The standard InChI is InChI=1S/C25H25N7O/c26-15-18-5-7-20(8-6-18)17-32-22-4-2-1-3-21(22)29-25(32)31-13-10-19(11-14-31)16-28-24-27-12-9-23(33)30-24/h1-9,12,19H,10-11,13-14,16-17H2,(H2,27,28,30,33). The fraction of sp³-hybridized carbons (Fsp3) is 0.280. The predicted octanol–water partition coefficient (Wildman–Crippen LogP) is 3.78. The van der Waals surface area contributed by atoms with E-state index >= 15 is 0 Å². The van der Waals surface area contributed by atoms with Gasteiger partial charge in [-0.15, -0.1) is 0 Å². The maximum atomic E-state index is 9.51. The van der Waals surface area contributed by atoms with Gasteiger partial charge in [-0.3, -0.25) is 0 Å². The van der Waals surface area contributed by atoms with Gasteiger partial charge < -0.3 is 19.9 Å². The molecule has 8 heteroatoms. The number of hydrogen-bond acceptors (Lipinski definition) is 7. The largest absolute Gasteiger partial charge is 0.493 e. The Kier molecular flexibility index (Phi) is 5.77. The molecule has 8 nitrogen and oxygen atoms in total. The summed E-state index contributed by atoms with van der Waals surface area (Å²) in [5.74, 6) is 1.93. The van der Waals surface area contributed by atoms with Gasteiger partial charge in [0.25, 0.3) is 0 Å². The topological polar surface area (TPSA) is 103 Å². The molecule has 0 radical (unpaired) electrons. The van der Waals surface area contributed by atoms with Gasteiger partial charge in [0.2, 0.25) is 17.8 Å². The number of aromatic nitrogens is 4. The number of nitrogens with one attached hydrogen (secondary N) is 1. The lowest BCUT2D eigenvalue weighted by molar-refractivity contribution is 0.416. The summed E-state index contributed by atoms with van der Waals surface area (Å²) < 4.78 is 2.27. The van der Waals surface area contributed by atoms with Crippen molar-refractivity contribution >= 4 is 22.9 Å². The van der Waals surface area contributed by atoms with Crippen LogP contribution in [0.15, 0.2) is 60.8 Å². The molecule has 4 aromatic rings. The molecule has 166 valence electrons. The van der Waals surface area contributed by atoms with Crippen LogP contribution in [0.25, 0.3) is 11.0 Å². The average molecular weight is 440 g/mol. The Morgan fingerprint density at radius 2 is 1.82 bits per heavy atom. The zero-order valence-corrected chi connectivity index (χ0v) is 18.2. The predicted molar refractivity (Wildman–Crippen MR) is 127 cm³/mol. The van der Waals surface area contributed by atoms with Crippen LogP contribution in [-0.4, -0.2) is 44.3 Å². The van der Waals surface area contributed by atoms with E-state index in [1.54, 1.807) is 6.20 Å². The molecule has 1 saturated heterocycles. The third-order valence-corrected chi connectivity index (χ3v) is 6.15. The molecule has 0 amide bonds. The highest BCUT2D eigenvalue weighted by molar-refractivity contribution is 5.79. The number of para-hydroxylation sites is 2. The van der Waals surface area contributed by atoms with Crippen molar-refractivity contribution in [3.05, 3.63) is 71.9 Å². The fourth-order valence-corrected chi connectivity index (χ4v) is 4.33. The Balaban J connectivity index is 1.30. The molecule has 1 aliphatic heterocycles. The molecule has 2 aromatic heterocycles. The first kappa shape index (κ1) is 20.8. The quantitative estimate of drug-likeness (QED) is 0.471. The highest BCUT2D eigenvalue weighted by atomic mass is 16.3. The van der Waals surface area contributed by atoms with Gasteiger partial charge >= 0.3 is 0 Å². The van der Waals surface area contributed by atoms with Gasteiger partial charge in [0, 0.05) is 31.9 Å². The first-order valence-corrected chi connectivity index (χ1v) is 11.1. The number of piperidine rings is 1. The third-order valence-electron chi connectivity index (χ3n) is 6.15. The van der Waals surface area contributed by atoms with Crippen LogP contribution in [0.3, 0.4) is 0 Å². The van der Waals surface area contributed by atoms with Crippen LogP contribution in [0.4, 0.5) is 11.9 Å². The Labute approximate surface area is 192 Å². The minimum absolute atomic E-state index is 0.0246. The van der Waals surface area contributed by atoms with Gasteiger partial charge in [-0.25, -0.2) is 9.97 Å². The number of fused-ring (bicyclic) bond motifs is 1. The molecule has 0 aliphatic carbocycles. The van der Waals surface area contributed by atoms with Crippen molar-refractivity contribution in [2.75, 3.05) is 29.9 Å². The van der Waals surface area contributed by atoms with E-state index < -0.39 is 0 Å². The molecule has 0 unspecified atom stereocenters. The van der Waals surface area contributed by atoms with Crippen LogP contribution in [0, 0.1) is 17.2 Å². The number of rotatable bonds is 6. The van der Waals surface area contributed by atoms with Crippen LogP contribution in [0.5, 0.6) is 5.88 Å². The summed E-state index contributed by atoms with van der Waals surface area (Å²) in [6, 6.07) is 19.6. The minimum Gasteiger partial charge on any atom is -0.493 e. The van der Waals surface area contributed by atoms with E-state index in [0.717, 1.165) is 55.0 Å². The number of nitrogens with zero attached hydrogens (tertiary/aromatic N) is 6. The third kappa shape index (κ3) is 4.58. The van der Waals surface area contributed by atoms with E-state index in [0.29, 0.717) is 24.0 Å². The average Bonchev–Trinajstić information content (AvgIpc) is 3.22. The number of nitriles is 1. The van der Waals surface area contributed by atoms with E-state index in [4.69, 9.17) is 10.2 Å². The van der Waals surface area contributed by atoms with Crippen molar-refractivity contribution in [2.45, 2.75) is 19.4 Å². The lowest BCUT2D eigenvalue weighted by atomic mass is 9.97. The number of aromatic hydroxyl groups is 1. The number of anilines is 2. The number of benzene rings is 2. The molecule has 3 heterocycles. The maximum absolute atomic E-state index is 9.51. The molecule has 0 saturated carbocycles. The molecule has 33 heavy (non-hydrogen) atoms. The normalized spacial score (nSPS) is 14.3. The summed E-state index contributed by atoms with van der Waals surface area (Å²) in [6.07, 6.45) is 3.61. The monoisotopic (exact) mass is 439 g/mol. The highest BCUT2D eigenvalue weighted by Gasteiger charge is 2.24. The Morgan fingerprint density at radius 1 is 1.03 bits per heavy atom. The van der Waals surface area contributed by atoms with Crippen molar-refractivity contribution in [1.29, 1.82) is 5.26 Å². The van der Waals surface area contributed by atoms with Gasteiger partial charge in [0.05, 0.1) is 29.2 Å². The van der Waals surface area contributed by atoms with Gasteiger partial charge in [-0.1, -0.05) is 24.3 Å². The van der Waals surface area contributed by atoms with Crippen LogP contribution in [0.2, 0.25) is 0 Å². The summed E-state index contributed by atoms with van der Waals surface area (Å²) in [6.45, 7) is 3.32. The highest BCUT2D eigenvalue weighted by Crippen LogP contribution is 2.28. The molecular formula is C25H25N7O. The number of hydrogen-bond donors (Lipinski definition) is 2. The molecule has 2 N–H and O–H groups in total. The van der Waals surface area contributed by atoms with E-state index in [1.807, 2.05) is 36.4 Å². The van der Waals surface area contributed by atoms with Crippen molar-refractivity contribution in [3.8, 4) is 11.9 Å². The Hall–Kier alpha value is -4.12. The fourth-order valence-electron chi connectivity index (χ4n) is 4.33. The van der Waals surface area contributed by atoms with Crippen LogP contribution < -0.4 is 10.2 Å². The maximum Gasteiger partial charge on any atom is 0.225 e. The van der Waals surface area contributed by atoms with Gasteiger partial charge in [0.15, 0.2) is 0 Å². The summed E-state index contributed by atoms with van der Waals surface area (Å²) in [4.78, 5) is 15.5. The van der Waals surface area contributed by atoms with E-state index in [9.17, 15) is 5.11 Å². The molecule has 1 fully saturated rings. The number of imidazole rings is 1. The van der Waals surface area contributed by atoms with Crippen molar-refractivity contribution in [1.82, 2.24) is 19.5 Å². The van der Waals surface area contributed by atoms with Gasteiger partial charge in [0.1, 0.15) is 0 Å². The summed E-state index contributed by atoms with van der Waals surface area (Å²) >= 11 is 0. The summed E-state index contributed by atoms with van der Waals surface area (Å²) in [7, 11) is 0. The lowest BCUT2D eigenvalue weighted by Crippen LogP contribution is -2.37. The molecule has 0 bridgehead atoms. The van der Waals surface area contributed by atoms with Crippen molar-refractivity contribution in [2.24, 2.45) is 5.92 Å². The molecule has 0 spiro atoms. The minimum atomic E-state index is -0.0246. The second-order valence-electron chi connectivity index (χ2n) is 8.35. The van der Waals surface area contributed by atoms with Crippen LogP contribution in [0.1, 0.15) is 24.0 Å². The van der Waals surface area contributed by atoms with Crippen LogP contribution in [-0.2, 0) is 6.54 Å². The molecule has 5 rings (SSSR count). The van der Waals surface area contributed by atoms with Crippen LogP contribution >= 0.6 is 0 Å². The Bertz CT molecular complexity index is 1280. The van der Waals surface area contributed by atoms with Crippen molar-refractivity contribution < 1.29 is 5.11 Å². The van der Waals surface area contributed by atoms with Gasteiger partial charge in [-0.05, 0) is 48.6 Å². The second kappa shape index (κ2) is 9.17. The van der Waals surface area contributed by atoms with E-state index in [2.05, 4.69) is 43.0 Å². The second-order valence-corrected chi connectivity index (χ2v) is 8.35. The van der Waals surface area contributed by atoms with Crippen molar-refractivity contribution in [3.63, 3.8) is 0 Å². The lowest BCUT2D eigenvalue weighted by Gasteiger charge is -2.33. The Morgan fingerprint density at radius 3 is 2.58 bits per heavy atom. The van der Waals surface area contributed by atoms with Gasteiger partial charge in [-0.2, -0.15) is 10.2 Å². The summed E-state index contributed by atoms with van der Waals surface area (Å²) in [5.41, 5.74) is 3.91. The smallest absolute Gasteiger partial charge is 0.225 e. The molecule has 1 aliphatic rings. The molecule has 2 aromatic carbocycles. The van der Waals surface area contributed by atoms with E-state index in [1.165, 1.54) is 6.07 Å². The first-order valence-electron chi connectivity index (χ1n) is 11.1. The first-order chi connectivity index (χ1) is 16.2. The SMILES string of the molecule is N#Cc1ccc(Cn2c(N3CCC(CNc4nccc(O)n4)CC3)nc3ccccc32)cc1. The molecule has 0 atom stereocenters. The zero-order valence-electron chi connectivity index (χ0n) is 18.2.